The van der Waals surface area contributed by atoms with Crippen LogP contribution in [-0.4, -0.2) is 30.9 Å². The van der Waals surface area contributed by atoms with Crippen LogP contribution in [0.5, 0.6) is 0 Å². The zero-order chi connectivity index (χ0) is 26.2. The number of rotatable bonds is 6. The predicted molar refractivity (Wildman–Crippen MR) is 137 cm³/mol. The molecule has 188 valence electrons. The second-order valence-corrected chi connectivity index (χ2v) is 11.4. The van der Waals surface area contributed by atoms with Gasteiger partial charge in [-0.15, -0.1) is 0 Å². The Labute approximate surface area is 209 Å². The minimum Gasteiger partial charge on any atom is -0.465 e. The molecule has 1 atom stereocenters. The molecule has 0 radical (unpaired) electrons. The van der Waals surface area contributed by atoms with Gasteiger partial charge in [0.15, 0.2) is 11.2 Å². The second kappa shape index (κ2) is 9.25. The van der Waals surface area contributed by atoms with Crippen LogP contribution in [0.1, 0.15) is 61.0 Å². The summed E-state index contributed by atoms with van der Waals surface area (Å²) >= 11 is 0. The standard InChI is InChI=1S/C30H38O5/c1-9-34-25(32)30(26(33)35-10-2)23(17-16-20-14-12-11-13-15-20)29(30)18-21(27(3,4)5)24(31)22(19-29)28(6,7)8/h11-19,23H,9-10H2,1-8H3/b17-16+. The molecule has 1 aromatic rings. The van der Waals surface area contributed by atoms with Crippen molar-refractivity contribution in [3.05, 3.63) is 65.3 Å². The van der Waals surface area contributed by atoms with Crippen molar-refractivity contribution in [2.24, 2.45) is 27.6 Å². The quantitative estimate of drug-likeness (QED) is 0.373. The number of hydrogen-bond donors (Lipinski definition) is 0. The SMILES string of the molecule is CCOC(=O)C1(C(=O)OCC)C(/C=C/c2ccccc2)C12C=C(C(C)(C)C)C(=O)C(C(C)(C)C)=C2. The van der Waals surface area contributed by atoms with Crippen LogP contribution in [0.4, 0.5) is 0 Å². The third-order valence-corrected chi connectivity index (χ3v) is 6.93. The van der Waals surface area contributed by atoms with Gasteiger partial charge in [0, 0.05) is 22.5 Å². The average Bonchev–Trinajstić information content (AvgIpc) is 3.34. The van der Waals surface area contributed by atoms with Crippen molar-refractivity contribution in [1.82, 2.24) is 0 Å². The maximum absolute atomic E-state index is 13.6. The molecule has 1 fully saturated rings. The lowest BCUT2D eigenvalue weighted by Gasteiger charge is -2.34. The van der Waals surface area contributed by atoms with E-state index in [1.165, 1.54) is 0 Å². The number of ether oxygens (including phenoxy) is 2. The summed E-state index contributed by atoms with van der Waals surface area (Å²) in [5.74, 6) is -1.85. The lowest BCUT2D eigenvalue weighted by molar-refractivity contribution is -0.166. The molecular formula is C30H38O5. The fraction of sp³-hybridized carbons (Fsp3) is 0.500. The molecule has 5 heteroatoms. The number of benzene rings is 1. The van der Waals surface area contributed by atoms with Crippen LogP contribution in [0.15, 0.2) is 59.7 Å². The third-order valence-electron chi connectivity index (χ3n) is 6.93. The molecule has 0 N–H and O–H groups in total. The smallest absolute Gasteiger partial charge is 0.325 e. The lowest BCUT2D eigenvalue weighted by atomic mass is 9.68. The van der Waals surface area contributed by atoms with Crippen LogP contribution in [0.2, 0.25) is 0 Å². The summed E-state index contributed by atoms with van der Waals surface area (Å²) in [6, 6.07) is 9.71. The Morgan fingerprint density at radius 1 is 0.857 bits per heavy atom. The first-order valence-electron chi connectivity index (χ1n) is 12.4. The summed E-state index contributed by atoms with van der Waals surface area (Å²) in [6.07, 6.45) is 7.50. The molecule has 0 amide bonds. The van der Waals surface area contributed by atoms with E-state index in [1.54, 1.807) is 13.8 Å². The molecule has 0 aliphatic heterocycles. The number of Topliss-reactive ketones (excluding diaryl/α,β-unsaturated/α-hetero) is 1. The van der Waals surface area contributed by atoms with Gasteiger partial charge in [0.25, 0.3) is 0 Å². The second-order valence-electron chi connectivity index (χ2n) is 11.4. The normalized spacial score (nSPS) is 20.9. The van der Waals surface area contributed by atoms with Gasteiger partial charge in [0.05, 0.1) is 13.2 Å². The van der Waals surface area contributed by atoms with Crippen LogP contribution in [0.25, 0.3) is 6.08 Å². The Morgan fingerprint density at radius 2 is 1.31 bits per heavy atom. The van der Waals surface area contributed by atoms with E-state index >= 15 is 0 Å². The molecule has 3 rings (SSSR count). The third kappa shape index (κ3) is 4.41. The van der Waals surface area contributed by atoms with Gasteiger partial charge in [-0.1, -0.05) is 96.2 Å². The van der Waals surface area contributed by atoms with Crippen LogP contribution < -0.4 is 0 Å². The van der Waals surface area contributed by atoms with E-state index in [2.05, 4.69) is 0 Å². The van der Waals surface area contributed by atoms with E-state index in [-0.39, 0.29) is 19.0 Å². The van der Waals surface area contributed by atoms with Crippen molar-refractivity contribution >= 4 is 23.8 Å². The number of hydrogen-bond acceptors (Lipinski definition) is 5. The minimum atomic E-state index is -1.60. The monoisotopic (exact) mass is 478 g/mol. The number of carbonyl (C=O) groups is 3. The van der Waals surface area contributed by atoms with E-state index < -0.39 is 39.5 Å². The molecule has 5 nitrogen and oxygen atoms in total. The molecular weight excluding hydrogens is 440 g/mol. The topological polar surface area (TPSA) is 69.7 Å². The van der Waals surface area contributed by atoms with E-state index in [4.69, 9.17) is 9.47 Å². The highest BCUT2D eigenvalue weighted by molar-refractivity contribution is 6.14. The Bertz CT molecular complexity index is 1040. The van der Waals surface area contributed by atoms with Crippen molar-refractivity contribution in [3.63, 3.8) is 0 Å². The van der Waals surface area contributed by atoms with Crippen LogP contribution >= 0.6 is 0 Å². The highest BCUT2D eigenvalue weighted by atomic mass is 16.6. The molecule has 0 heterocycles. The molecule has 0 saturated heterocycles. The molecule has 1 aromatic carbocycles. The summed E-state index contributed by atoms with van der Waals surface area (Å²) in [4.78, 5) is 40.9. The zero-order valence-electron chi connectivity index (χ0n) is 22.2. The maximum Gasteiger partial charge on any atom is 0.325 e. The van der Waals surface area contributed by atoms with Crippen molar-refractivity contribution in [1.29, 1.82) is 0 Å². The first-order valence-corrected chi connectivity index (χ1v) is 12.4. The number of carbonyl (C=O) groups excluding carboxylic acids is 3. The van der Waals surface area contributed by atoms with Crippen molar-refractivity contribution < 1.29 is 23.9 Å². The number of esters is 2. The van der Waals surface area contributed by atoms with Crippen LogP contribution in [-0.2, 0) is 23.9 Å². The van der Waals surface area contributed by atoms with E-state index in [1.807, 2.05) is 96.2 Å². The van der Waals surface area contributed by atoms with E-state index in [0.29, 0.717) is 11.1 Å². The van der Waals surface area contributed by atoms with Gasteiger partial charge in [0.1, 0.15) is 0 Å². The van der Waals surface area contributed by atoms with Crippen molar-refractivity contribution in [2.75, 3.05) is 13.2 Å². The van der Waals surface area contributed by atoms with E-state index in [9.17, 15) is 14.4 Å². The van der Waals surface area contributed by atoms with E-state index in [0.717, 1.165) is 5.56 Å². The Balaban J connectivity index is 2.34. The van der Waals surface area contributed by atoms with Crippen molar-refractivity contribution in [3.8, 4) is 0 Å². The predicted octanol–water partition coefficient (Wildman–Crippen LogP) is 5.96. The van der Waals surface area contributed by atoms with Gasteiger partial charge in [-0.25, -0.2) is 0 Å². The maximum atomic E-state index is 13.6. The lowest BCUT2D eigenvalue weighted by Crippen LogP contribution is -2.38. The summed E-state index contributed by atoms with van der Waals surface area (Å²) < 4.78 is 11.0. The zero-order valence-corrected chi connectivity index (χ0v) is 22.2. The Kier molecular flexibility index (Phi) is 7.05. The van der Waals surface area contributed by atoms with Gasteiger partial charge >= 0.3 is 11.9 Å². The molecule has 0 aromatic heterocycles. The van der Waals surface area contributed by atoms with Gasteiger partial charge < -0.3 is 9.47 Å². The fourth-order valence-corrected chi connectivity index (χ4v) is 5.12. The molecule has 1 spiro atoms. The highest BCUT2D eigenvalue weighted by Crippen LogP contribution is 2.75. The summed E-state index contributed by atoms with van der Waals surface area (Å²) in [5.41, 5.74) is -1.49. The molecule has 2 aliphatic rings. The Hall–Kier alpha value is -2.95. The van der Waals surface area contributed by atoms with Gasteiger partial charge in [-0.2, -0.15) is 0 Å². The highest BCUT2D eigenvalue weighted by Gasteiger charge is 2.84. The van der Waals surface area contributed by atoms with Gasteiger partial charge in [-0.05, 0) is 30.2 Å². The molecule has 35 heavy (non-hydrogen) atoms. The number of allylic oxidation sites excluding steroid dienone is 5. The van der Waals surface area contributed by atoms with Crippen molar-refractivity contribution in [2.45, 2.75) is 55.4 Å². The van der Waals surface area contributed by atoms with Crippen LogP contribution in [0, 0.1) is 27.6 Å². The van der Waals surface area contributed by atoms with Gasteiger partial charge in [0.2, 0.25) is 0 Å². The summed E-state index contributed by atoms with van der Waals surface area (Å²) in [7, 11) is 0. The fourth-order valence-electron chi connectivity index (χ4n) is 5.12. The first-order chi connectivity index (χ1) is 16.3. The van der Waals surface area contributed by atoms with Crippen LogP contribution in [0.3, 0.4) is 0 Å². The average molecular weight is 479 g/mol. The minimum absolute atomic E-state index is 0.0464. The largest absolute Gasteiger partial charge is 0.465 e. The number of ketones is 1. The summed E-state index contributed by atoms with van der Waals surface area (Å²) in [5, 5.41) is 0. The molecule has 1 unspecified atom stereocenters. The van der Waals surface area contributed by atoms with Gasteiger partial charge in [-0.3, -0.25) is 14.4 Å². The molecule has 0 bridgehead atoms. The first kappa shape index (κ1) is 26.7. The summed E-state index contributed by atoms with van der Waals surface area (Å²) in [6.45, 7) is 15.6. The molecule has 1 saturated carbocycles. The Morgan fingerprint density at radius 3 is 1.71 bits per heavy atom. The molecule has 2 aliphatic carbocycles.